The van der Waals surface area contributed by atoms with Crippen LogP contribution in [0.2, 0.25) is 0 Å². The zero-order valence-electron chi connectivity index (χ0n) is 18.4. The van der Waals surface area contributed by atoms with Gasteiger partial charge in [-0.25, -0.2) is 4.79 Å². The first-order chi connectivity index (χ1) is 13.8. The summed E-state index contributed by atoms with van der Waals surface area (Å²) >= 11 is 0. The maximum atomic E-state index is 12.7. The van der Waals surface area contributed by atoms with Crippen LogP contribution in [0, 0.1) is 11.3 Å². The molecule has 0 aliphatic heterocycles. The molecule has 0 aromatic heterocycles. The minimum Gasteiger partial charge on any atom is -0.496 e. The quantitative estimate of drug-likeness (QED) is 0.671. The zero-order valence-corrected chi connectivity index (χ0v) is 18.4. The molecular weight excluding hydrogens is 368 g/mol. The van der Waals surface area contributed by atoms with Gasteiger partial charge in [-0.05, 0) is 48.9 Å². The number of hydrogen-bond donors (Lipinski definition) is 0. The minimum atomic E-state index is -0.574. The first-order valence-electron chi connectivity index (χ1n) is 10.4. The molecule has 2 aliphatic carbocycles. The predicted octanol–water partition coefficient (Wildman–Crippen LogP) is 4.70. The molecule has 29 heavy (non-hydrogen) atoms. The third-order valence-electron chi connectivity index (χ3n) is 7.04. The second-order valence-electron chi connectivity index (χ2n) is 8.65. The highest BCUT2D eigenvalue weighted by Gasteiger charge is 2.55. The highest BCUT2D eigenvalue weighted by molar-refractivity contribution is 5.96. The number of methoxy groups -OCH3 is 3. The molecule has 1 aromatic rings. The smallest absolute Gasteiger partial charge is 0.341 e. The molecule has 1 aromatic carbocycles. The Bertz CT molecular complexity index is 855. The summed E-state index contributed by atoms with van der Waals surface area (Å²) in [5.74, 6) is 0.0248. The second kappa shape index (κ2) is 7.85. The van der Waals surface area contributed by atoms with Gasteiger partial charge in [-0.3, -0.25) is 4.79 Å². The second-order valence-corrected chi connectivity index (χ2v) is 8.65. The van der Waals surface area contributed by atoms with Crippen molar-refractivity contribution < 1.29 is 23.8 Å². The number of rotatable bonds is 5. The highest BCUT2D eigenvalue weighted by atomic mass is 16.5. The monoisotopic (exact) mass is 400 g/mol. The average molecular weight is 401 g/mol. The van der Waals surface area contributed by atoms with Crippen LogP contribution in [0.1, 0.15) is 73.5 Å². The van der Waals surface area contributed by atoms with Gasteiger partial charge in [0.05, 0.1) is 26.7 Å². The Hall–Kier alpha value is -2.30. The van der Waals surface area contributed by atoms with Crippen LogP contribution in [0.3, 0.4) is 0 Å². The molecule has 3 rings (SSSR count). The van der Waals surface area contributed by atoms with Gasteiger partial charge in [0.25, 0.3) is 0 Å². The Morgan fingerprint density at radius 3 is 2.45 bits per heavy atom. The maximum absolute atomic E-state index is 12.7. The van der Waals surface area contributed by atoms with Gasteiger partial charge in [0.15, 0.2) is 0 Å². The summed E-state index contributed by atoms with van der Waals surface area (Å²) in [4.78, 5) is 25.3. The van der Waals surface area contributed by atoms with E-state index in [1.165, 1.54) is 14.2 Å². The Labute approximate surface area is 173 Å². The van der Waals surface area contributed by atoms with Gasteiger partial charge in [-0.2, -0.15) is 0 Å². The molecular formula is C24H32O5. The molecule has 1 fully saturated rings. The van der Waals surface area contributed by atoms with Crippen LogP contribution in [-0.2, 0) is 26.1 Å². The Balaban J connectivity index is 2.27. The number of carbonyl (C=O) groups is 2. The van der Waals surface area contributed by atoms with Crippen LogP contribution in [0.15, 0.2) is 12.1 Å². The van der Waals surface area contributed by atoms with Crippen molar-refractivity contribution in [2.45, 2.75) is 58.3 Å². The standard InChI is InChI=1S/C24H32O5/c1-7-9-16-15-10-11-19-23(2,12-8-13-24(19,3)22(26)29-6)17(15)14-18(27-4)20(16)21(25)28-5/h10-11,14,19H,7-9,12-13H2,1-6H3/t19-,23-,24+/m1/s1. The van der Waals surface area contributed by atoms with Crippen molar-refractivity contribution in [1.29, 1.82) is 0 Å². The van der Waals surface area contributed by atoms with Crippen LogP contribution in [0.25, 0.3) is 6.08 Å². The van der Waals surface area contributed by atoms with Crippen LogP contribution < -0.4 is 4.74 Å². The number of ether oxygens (including phenoxy) is 3. The molecule has 1 saturated carbocycles. The van der Waals surface area contributed by atoms with E-state index in [9.17, 15) is 9.59 Å². The van der Waals surface area contributed by atoms with E-state index in [1.807, 2.05) is 13.0 Å². The number of hydrogen-bond acceptors (Lipinski definition) is 5. The number of benzene rings is 1. The lowest BCUT2D eigenvalue weighted by molar-refractivity contribution is -0.158. The number of fused-ring (bicyclic) bond motifs is 3. The van der Waals surface area contributed by atoms with Gasteiger partial charge in [-0.1, -0.05) is 38.8 Å². The topological polar surface area (TPSA) is 61.8 Å². The van der Waals surface area contributed by atoms with Crippen LogP contribution >= 0.6 is 0 Å². The molecule has 0 unspecified atom stereocenters. The fraction of sp³-hybridized carbons (Fsp3) is 0.583. The molecule has 0 amide bonds. The van der Waals surface area contributed by atoms with E-state index < -0.39 is 5.41 Å². The summed E-state index contributed by atoms with van der Waals surface area (Å²) < 4.78 is 15.9. The van der Waals surface area contributed by atoms with E-state index in [0.717, 1.165) is 48.8 Å². The van der Waals surface area contributed by atoms with Crippen molar-refractivity contribution in [3.63, 3.8) is 0 Å². The average Bonchev–Trinajstić information content (AvgIpc) is 2.72. The fourth-order valence-electron chi connectivity index (χ4n) is 5.60. The molecule has 0 N–H and O–H groups in total. The van der Waals surface area contributed by atoms with Gasteiger partial charge >= 0.3 is 11.9 Å². The Kier molecular flexibility index (Phi) is 5.79. The first-order valence-corrected chi connectivity index (χ1v) is 10.4. The van der Waals surface area contributed by atoms with Crippen LogP contribution in [-0.4, -0.2) is 33.3 Å². The van der Waals surface area contributed by atoms with Crippen molar-refractivity contribution in [2.75, 3.05) is 21.3 Å². The maximum Gasteiger partial charge on any atom is 0.341 e. The van der Waals surface area contributed by atoms with Gasteiger partial charge in [-0.15, -0.1) is 0 Å². The number of carbonyl (C=O) groups excluding carboxylic acids is 2. The lowest BCUT2D eigenvalue weighted by atomic mass is 9.51. The lowest BCUT2D eigenvalue weighted by Crippen LogP contribution is -2.51. The predicted molar refractivity (Wildman–Crippen MR) is 112 cm³/mol. The Morgan fingerprint density at radius 2 is 1.86 bits per heavy atom. The molecule has 0 spiro atoms. The zero-order chi connectivity index (χ0) is 21.4. The van der Waals surface area contributed by atoms with Crippen molar-refractivity contribution in [1.82, 2.24) is 0 Å². The molecule has 2 aliphatic rings. The summed E-state index contributed by atoms with van der Waals surface area (Å²) in [6, 6.07) is 1.99. The summed E-state index contributed by atoms with van der Waals surface area (Å²) in [6.07, 6.45) is 8.61. The first kappa shape index (κ1) is 21.4. The van der Waals surface area contributed by atoms with Crippen molar-refractivity contribution in [3.05, 3.63) is 34.4 Å². The molecule has 3 atom stereocenters. The van der Waals surface area contributed by atoms with E-state index in [2.05, 4.69) is 26.0 Å². The molecule has 0 radical (unpaired) electrons. The summed E-state index contributed by atoms with van der Waals surface area (Å²) in [5, 5.41) is 0. The molecule has 5 nitrogen and oxygen atoms in total. The molecule has 0 saturated heterocycles. The fourth-order valence-corrected chi connectivity index (χ4v) is 5.60. The normalized spacial score (nSPS) is 27.6. The van der Waals surface area contributed by atoms with Crippen molar-refractivity contribution in [2.24, 2.45) is 11.3 Å². The van der Waals surface area contributed by atoms with E-state index >= 15 is 0 Å². The van der Waals surface area contributed by atoms with E-state index in [0.29, 0.717) is 11.3 Å². The third kappa shape index (κ3) is 3.15. The van der Waals surface area contributed by atoms with Gasteiger partial charge in [0.2, 0.25) is 0 Å². The Morgan fingerprint density at radius 1 is 1.14 bits per heavy atom. The summed E-state index contributed by atoms with van der Waals surface area (Å²) in [7, 11) is 4.44. The molecule has 0 bridgehead atoms. The van der Waals surface area contributed by atoms with E-state index in [4.69, 9.17) is 14.2 Å². The van der Waals surface area contributed by atoms with E-state index in [1.54, 1.807) is 7.11 Å². The lowest BCUT2D eigenvalue weighted by Gasteiger charge is -2.52. The number of esters is 2. The van der Waals surface area contributed by atoms with Crippen LogP contribution in [0.5, 0.6) is 5.75 Å². The number of allylic oxidation sites excluding steroid dienone is 1. The molecule has 158 valence electrons. The van der Waals surface area contributed by atoms with Crippen molar-refractivity contribution in [3.8, 4) is 5.75 Å². The van der Waals surface area contributed by atoms with Gasteiger partial charge in [0.1, 0.15) is 11.3 Å². The van der Waals surface area contributed by atoms with Crippen molar-refractivity contribution >= 4 is 18.0 Å². The third-order valence-corrected chi connectivity index (χ3v) is 7.04. The summed E-state index contributed by atoms with van der Waals surface area (Å²) in [5.41, 5.74) is 2.88. The minimum absolute atomic E-state index is 0.0202. The molecule has 0 heterocycles. The highest BCUT2D eigenvalue weighted by Crippen LogP contribution is 2.57. The SMILES string of the molecule is CCCc1c2c(cc(OC)c1C(=O)OC)[C@@]1(C)CCC[C@](C)(C(=O)OC)[C@@H]1C=C2. The van der Waals surface area contributed by atoms with Gasteiger partial charge in [0, 0.05) is 11.3 Å². The van der Waals surface area contributed by atoms with Crippen LogP contribution in [0.4, 0.5) is 0 Å². The van der Waals surface area contributed by atoms with E-state index in [-0.39, 0.29) is 23.3 Å². The molecule has 5 heteroatoms. The largest absolute Gasteiger partial charge is 0.496 e. The van der Waals surface area contributed by atoms with Gasteiger partial charge < -0.3 is 14.2 Å². The summed E-state index contributed by atoms with van der Waals surface area (Å²) in [6.45, 7) is 6.34.